The molecule has 1 N–H and O–H groups in total. The van der Waals surface area contributed by atoms with Crippen LogP contribution >= 0.6 is 0 Å². The fraction of sp³-hybridized carbons (Fsp3) is 0.440. The van der Waals surface area contributed by atoms with Gasteiger partial charge in [0.2, 0.25) is 5.91 Å². The molecule has 0 saturated heterocycles. The van der Waals surface area contributed by atoms with Crippen LogP contribution in [-0.2, 0) is 24.2 Å². The number of benzene rings is 2. The van der Waals surface area contributed by atoms with E-state index in [2.05, 4.69) is 47.1 Å². The van der Waals surface area contributed by atoms with Crippen LogP contribution in [0.15, 0.2) is 48.5 Å². The summed E-state index contributed by atoms with van der Waals surface area (Å²) >= 11 is 0. The third kappa shape index (κ3) is 6.09. The molecule has 1 heterocycles. The summed E-state index contributed by atoms with van der Waals surface area (Å²) in [6, 6.07) is 16.6. The van der Waals surface area contributed by atoms with Crippen LogP contribution in [0.1, 0.15) is 50.9 Å². The fourth-order valence-corrected chi connectivity index (χ4v) is 3.59. The third-order valence-corrected chi connectivity index (χ3v) is 5.24. The number of amides is 1. The van der Waals surface area contributed by atoms with Gasteiger partial charge >= 0.3 is 0 Å². The zero-order valence-corrected chi connectivity index (χ0v) is 18.2. The molecule has 0 bridgehead atoms. The molecular formula is C25H33N3O2. The van der Waals surface area contributed by atoms with E-state index >= 15 is 0 Å². The van der Waals surface area contributed by atoms with E-state index in [1.54, 1.807) is 0 Å². The summed E-state index contributed by atoms with van der Waals surface area (Å²) in [6.07, 6.45) is 5.17. The molecule has 1 amide bonds. The van der Waals surface area contributed by atoms with Crippen LogP contribution in [0, 0.1) is 0 Å². The maximum Gasteiger partial charge on any atom is 0.219 e. The molecule has 0 unspecified atom stereocenters. The lowest BCUT2D eigenvalue weighted by Crippen LogP contribution is -2.24. The summed E-state index contributed by atoms with van der Waals surface area (Å²) in [4.78, 5) is 16.5. The summed E-state index contributed by atoms with van der Waals surface area (Å²) < 4.78 is 8.22. The number of nitrogens with one attached hydrogen (secondary N) is 1. The number of rotatable bonds is 12. The van der Waals surface area contributed by atoms with Gasteiger partial charge in [-0.05, 0) is 55.5 Å². The van der Waals surface area contributed by atoms with Gasteiger partial charge in [0.05, 0.1) is 17.6 Å². The van der Waals surface area contributed by atoms with Crippen LogP contribution in [0.25, 0.3) is 11.0 Å². The number of hydrogen-bond donors (Lipinski definition) is 1. The Kier molecular flexibility index (Phi) is 8.30. The molecular weight excluding hydrogens is 374 g/mol. The highest BCUT2D eigenvalue weighted by Crippen LogP contribution is 2.18. The lowest BCUT2D eigenvalue weighted by molar-refractivity contribution is -0.121. The molecule has 1 aromatic heterocycles. The molecule has 0 fully saturated rings. The fourth-order valence-electron chi connectivity index (χ4n) is 3.59. The number of carbonyl (C=O) groups is 1. The van der Waals surface area contributed by atoms with Gasteiger partial charge in [0.15, 0.2) is 0 Å². The maximum absolute atomic E-state index is 11.6. The van der Waals surface area contributed by atoms with Crippen molar-refractivity contribution in [3.8, 4) is 5.75 Å². The second-order valence-corrected chi connectivity index (χ2v) is 7.57. The van der Waals surface area contributed by atoms with Crippen molar-refractivity contribution in [1.82, 2.24) is 14.9 Å². The zero-order chi connectivity index (χ0) is 21.2. The predicted molar refractivity (Wildman–Crippen MR) is 122 cm³/mol. The van der Waals surface area contributed by atoms with E-state index < -0.39 is 0 Å². The first-order valence-corrected chi connectivity index (χ1v) is 11.1. The highest BCUT2D eigenvalue weighted by atomic mass is 16.5. The number of fused-ring (bicyclic) bond motifs is 1. The summed E-state index contributed by atoms with van der Waals surface area (Å²) in [7, 11) is 0. The van der Waals surface area contributed by atoms with Gasteiger partial charge in [0.1, 0.15) is 11.6 Å². The lowest BCUT2D eigenvalue weighted by atomic mass is 10.2. The Labute approximate surface area is 179 Å². The number of imidazole rings is 1. The summed E-state index contributed by atoms with van der Waals surface area (Å²) in [5, 5.41) is 2.99. The van der Waals surface area contributed by atoms with Crippen LogP contribution in [0.4, 0.5) is 0 Å². The number of aryl methyl sites for hydroxylation is 3. The Morgan fingerprint density at radius 1 is 1.07 bits per heavy atom. The monoisotopic (exact) mass is 407 g/mol. The Morgan fingerprint density at radius 2 is 1.87 bits per heavy atom. The summed E-state index contributed by atoms with van der Waals surface area (Å²) in [5.41, 5.74) is 3.51. The molecule has 0 saturated carbocycles. The summed E-state index contributed by atoms with van der Waals surface area (Å²) in [6.45, 7) is 6.41. The van der Waals surface area contributed by atoms with Crippen LogP contribution in [0.3, 0.4) is 0 Å². The van der Waals surface area contributed by atoms with Crippen LogP contribution in [0.2, 0.25) is 0 Å². The van der Waals surface area contributed by atoms with E-state index in [1.807, 2.05) is 25.1 Å². The van der Waals surface area contributed by atoms with Crippen molar-refractivity contribution >= 4 is 16.9 Å². The van der Waals surface area contributed by atoms with Gasteiger partial charge in [-0.3, -0.25) is 4.79 Å². The minimum atomic E-state index is 0.134. The van der Waals surface area contributed by atoms with Gasteiger partial charge in [0.25, 0.3) is 0 Å². The van der Waals surface area contributed by atoms with E-state index in [-0.39, 0.29) is 5.91 Å². The quantitative estimate of drug-likeness (QED) is 0.434. The van der Waals surface area contributed by atoms with Crippen LogP contribution in [0.5, 0.6) is 5.75 Å². The predicted octanol–water partition coefficient (Wildman–Crippen LogP) is 4.92. The Morgan fingerprint density at radius 3 is 2.63 bits per heavy atom. The lowest BCUT2D eigenvalue weighted by Gasteiger charge is -2.11. The van der Waals surface area contributed by atoms with E-state index in [4.69, 9.17) is 9.72 Å². The van der Waals surface area contributed by atoms with E-state index in [9.17, 15) is 4.79 Å². The number of carbonyl (C=O) groups excluding carboxylic acids is 1. The standard InChI is InChI=1S/C25H33N3O2/c1-3-9-25(29)26-17-7-12-24-27-22-10-5-6-11-23(22)28(24)18-8-19-30-21-15-13-20(4-2)14-16-21/h5-6,10-11,13-16H,3-4,7-9,12,17-19H2,1-2H3,(H,26,29). The van der Waals surface area contributed by atoms with E-state index in [1.165, 1.54) is 5.56 Å². The molecule has 0 aliphatic rings. The van der Waals surface area contributed by atoms with Gasteiger partial charge in [-0.15, -0.1) is 0 Å². The molecule has 0 atom stereocenters. The first kappa shape index (κ1) is 21.9. The Bertz CT molecular complexity index is 931. The molecule has 5 heteroatoms. The van der Waals surface area contributed by atoms with Gasteiger partial charge in [-0.2, -0.15) is 0 Å². The first-order valence-electron chi connectivity index (χ1n) is 11.1. The van der Waals surface area contributed by atoms with Crippen molar-refractivity contribution in [2.45, 2.75) is 58.9 Å². The SMILES string of the molecule is CCCC(=O)NCCCc1nc2ccccc2n1CCCOc1ccc(CC)cc1. The van der Waals surface area contributed by atoms with Gasteiger partial charge in [0, 0.05) is 25.9 Å². The van der Waals surface area contributed by atoms with Crippen LogP contribution < -0.4 is 10.1 Å². The van der Waals surface area contributed by atoms with Gasteiger partial charge in [-0.1, -0.05) is 38.1 Å². The van der Waals surface area contributed by atoms with Crippen molar-refractivity contribution < 1.29 is 9.53 Å². The largest absolute Gasteiger partial charge is 0.494 e. The smallest absolute Gasteiger partial charge is 0.219 e. The average Bonchev–Trinajstić information content (AvgIpc) is 3.12. The van der Waals surface area contributed by atoms with Crippen LogP contribution in [-0.4, -0.2) is 28.6 Å². The number of para-hydroxylation sites is 2. The molecule has 2 aromatic carbocycles. The Balaban J connectivity index is 1.55. The first-order chi connectivity index (χ1) is 14.7. The number of nitrogens with zero attached hydrogens (tertiary/aromatic N) is 2. The molecule has 0 aliphatic heterocycles. The summed E-state index contributed by atoms with van der Waals surface area (Å²) in [5.74, 6) is 2.13. The number of aromatic nitrogens is 2. The molecule has 160 valence electrons. The highest BCUT2D eigenvalue weighted by molar-refractivity contribution is 5.76. The second-order valence-electron chi connectivity index (χ2n) is 7.57. The maximum atomic E-state index is 11.6. The topological polar surface area (TPSA) is 56.2 Å². The Hall–Kier alpha value is -2.82. The van der Waals surface area contributed by atoms with Crippen molar-refractivity contribution in [2.75, 3.05) is 13.2 Å². The molecule has 5 nitrogen and oxygen atoms in total. The molecule has 30 heavy (non-hydrogen) atoms. The van der Waals surface area contributed by atoms with Gasteiger partial charge < -0.3 is 14.6 Å². The minimum absolute atomic E-state index is 0.134. The molecule has 0 radical (unpaired) electrons. The second kappa shape index (κ2) is 11.4. The van der Waals surface area contributed by atoms with Crippen molar-refractivity contribution in [1.29, 1.82) is 0 Å². The molecule has 3 rings (SSSR count). The third-order valence-electron chi connectivity index (χ3n) is 5.24. The van der Waals surface area contributed by atoms with Crippen molar-refractivity contribution in [2.24, 2.45) is 0 Å². The average molecular weight is 408 g/mol. The van der Waals surface area contributed by atoms with Crippen molar-refractivity contribution in [3.63, 3.8) is 0 Å². The van der Waals surface area contributed by atoms with Gasteiger partial charge in [-0.25, -0.2) is 4.98 Å². The minimum Gasteiger partial charge on any atom is -0.494 e. The van der Waals surface area contributed by atoms with E-state index in [0.29, 0.717) is 19.6 Å². The van der Waals surface area contributed by atoms with Crippen molar-refractivity contribution in [3.05, 3.63) is 59.9 Å². The number of hydrogen-bond acceptors (Lipinski definition) is 3. The molecule has 0 spiro atoms. The molecule has 0 aliphatic carbocycles. The van der Waals surface area contributed by atoms with E-state index in [0.717, 1.165) is 61.3 Å². The number of ether oxygens (including phenoxy) is 1. The molecule has 3 aromatic rings. The normalized spacial score (nSPS) is 11.0. The highest BCUT2D eigenvalue weighted by Gasteiger charge is 2.10. The zero-order valence-electron chi connectivity index (χ0n) is 18.2.